The summed E-state index contributed by atoms with van der Waals surface area (Å²) in [5.41, 5.74) is 3.05. The number of hydrogen-bond donors (Lipinski definition) is 1. The number of aryl methyl sites for hydroxylation is 1. The van der Waals surface area contributed by atoms with E-state index in [9.17, 15) is 9.18 Å². The molecule has 0 spiro atoms. The van der Waals surface area contributed by atoms with E-state index >= 15 is 0 Å². The summed E-state index contributed by atoms with van der Waals surface area (Å²) < 4.78 is 12.9. The predicted molar refractivity (Wildman–Crippen MR) is 105 cm³/mol. The third kappa shape index (κ3) is 5.18. The monoisotopic (exact) mass is 384 g/mol. The maximum Gasteiger partial charge on any atom is 0.286 e. The number of halogens is 1. The lowest BCUT2D eigenvalue weighted by atomic mass is 10.1. The summed E-state index contributed by atoms with van der Waals surface area (Å²) in [6, 6.07) is 13.9. The summed E-state index contributed by atoms with van der Waals surface area (Å²) in [5, 5.41) is 11.9. The van der Waals surface area contributed by atoms with Crippen LogP contribution in [0.25, 0.3) is 0 Å². The quantitative estimate of drug-likeness (QED) is 0.661. The van der Waals surface area contributed by atoms with Gasteiger partial charge in [0.15, 0.2) is 0 Å². The van der Waals surface area contributed by atoms with Crippen molar-refractivity contribution in [2.45, 2.75) is 26.9 Å². The van der Waals surface area contributed by atoms with E-state index in [0.717, 1.165) is 18.1 Å². The van der Waals surface area contributed by atoms with E-state index in [1.807, 2.05) is 12.1 Å². The van der Waals surface area contributed by atoms with Crippen molar-refractivity contribution in [1.82, 2.24) is 15.1 Å². The molecule has 0 unspecified atom stereocenters. The van der Waals surface area contributed by atoms with Crippen LogP contribution in [0.3, 0.4) is 0 Å². The van der Waals surface area contributed by atoms with E-state index in [1.165, 1.54) is 46.7 Å². The minimum absolute atomic E-state index is 0.293. The van der Waals surface area contributed by atoms with Crippen molar-refractivity contribution in [2.24, 2.45) is 0 Å². The highest BCUT2D eigenvalue weighted by Gasteiger charge is 2.15. The molecule has 0 radical (unpaired) electrons. The van der Waals surface area contributed by atoms with Crippen molar-refractivity contribution in [1.29, 1.82) is 0 Å². The van der Waals surface area contributed by atoms with Crippen LogP contribution >= 0.6 is 11.3 Å². The minimum atomic E-state index is -0.348. The van der Waals surface area contributed by atoms with Gasteiger partial charge in [0.2, 0.25) is 5.01 Å². The molecule has 0 saturated carbocycles. The Morgan fingerprint density at radius 3 is 2.56 bits per heavy atom. The van der Waals surface area contributed by atoms with Gasteiger partial charge in [0.1, 0.15) is 10.8 Å². The molecule has 1 N–H and O–H groups in total. The normalized spacial score (nSPS) is 11.0. The number of nitrogens with zero attached hydrogens (tertiary/aromatic N) is 3. The number of rotatable bonds is 7. The molecule has 1 aromatic heterocycles. The number of carbonyl (C=O) groups excluding carboxylic acids is 1. The first-order valence-electron chi connectivity index (χ1n) is 8.71. The van der Waals surface area contributed by atoms with E-state index in [4.69, 9.17) is 0 Å². The van der Waals surface area contributed by atoms with Crippen molar-refractivity contribution in [3.8, 4) is 0 Å². The molecule has 1 amide bonds. The molecule has 3 aromatic rings. The van der Waals surface area contributed by atoms with Crippen LogP contribution in [-0.4, -0.2) is 27.5 Å². The van der Waals surface area contributed by atoms with Crippen molar-refractivity contribution in [2.75, 3.05) is 11.9 Å². The van der Waals surface area contributed by atoms with Gasteiger partial charge in [-0.05, 0) is 48.9 Å². The molecule has 7 heteroatoms. The van der Waals surface area contributed by atoms with Crippen molar-refractivity contribution < 1.29 is 9.18 Å². The highest BCUT2D eigenvalue weighted by molar-refractivity contribution is 7.13. The molecule has 5 nitrogen and oxygen atoms in total. The molecule has 0 aliphatic heterocycles. The van der Waals surface area contributed by atoms with E-state index in [-0.39, 0.29) is 11.7 Å². The van der Waals surface area contributed by atoms with Crippen LogP contribution in [-0.2, 0) is 13.1 Å². The molecule has 1 heterocycles. The Balaban J connectivity index is 1.63. The lowest BCUT2D eigenvalue weighted by molar-refractivity contribution is 0.102. The number of amides is 1. The van der Waals surface area contributed by atoms with E-state index in [0.29, 0.717) is 17.2 Å². The van der Waals surface area contributed by atoms with Crippen LogP contribution < -0.4 is 5.32 Å². The van der Waals surface area contributed by atoms with Crippen LogP contribution in [0.4, 0.5) is 10.1 Å². The number of hydrogen-bond acceptors (Lipinski definition) is 5. The van der Waals surface area contributed by atoms with Crippen molar-refractivity contribution in [3.05, 3.63) is 75.5 Å². The Labute approximate surface area is 161 Å². The van der Waals surface area contributed by atoms with Crippen LogP contribution in [0.1, 0.15) is 32.9 Å². The number of anilines is 1. The zero-order chi connectivity index (χ0) is 19.2. The summed E-state index contributed by atoms with van der Waals surface area (Å²) in [4.78, 5) is 14.5. The second kappa shape index (κ2) is 8.83. The van der Waals surface area contributed by atoms with Gasteiger partial charge in [0.05, 0.1) is 6.54 Å². The highest BCUT2D eigenvalue weighted by Crippen LogP contribution is 2.17. The largest absolute Gasteiger partial charge is 0.320 e. The van der Waals surface area contributed by atoms with Gasteiger partial charge in [-0.15, -0.1) is 10.2 Å². The zero-order valence-corrected chi connectivity index (χ0v) is 16.1. The van der Waals surface area contributed by atoms with Gasteiger partial charge in [-0.1, -0.05) is 42.5 Å². The molecule has 27 heavy (non-hydrogen) atoms. The molecule has 2 aromatic carbocycles. The number of carbonyl (C=O) groups is 1. The Kier molecular flexibility index (Phi) is 6.26. The van der Waals surface area contributed by atoms with E-state index in [2.05, 4.69) is 46.4 Å². The number of nitrogens with one attached hydrogen (secondary N) is 1. The van der Waals surface area contributed by atoms with Crippen LogP contribution in [0.2, 0.25) is 0 Å². The molecular weight excluding hydrogens is 363 g/mol. The molecule has 0 fully saturated rings. The average molecular weight is 384 g/mol. The van der Waals surface area contributed by atoms with Gasteiger partial charge in [-0.2, -0.15) is 0 Å². The summed E-state index contributed by atoms with van der Waals surface area (Å²) in [6.45, 7) is 6.52. The van der Waals surface area contributed by atoms with Crippen molar-refractivity contribution >= 4 is 22.9 Å². The smallest absolute Gasteiger partial charge is 0.286 e. The summed E-state index contributed by atoms with van der Waals surface area (Å²) >= 11 is 1.27. The molecule has 0 aliphatic rings. The third-order valence-electron chi connectivity index (χ3n) is 4.22. The maximum absolute atomic E-state index is 12.9. The third-order valence-corrected chi connectivity index (χ3v) is 5.13. The molecule has 0 saturated heterocycles. The maximum atomic E-state index is 12.9. The van der Waals surface area contributed by atoms with Gasteiger partial charge in [0.25, 0.3) is 5.91 Å². The molecule has 0 atom stereocenters. The minimum Gasteiger partial charge on any atom is -0.320 e. The van der Waals surface area contributed by atoms with Gasteiger partial charge < -0.3 is 5.32 Å². The van der Waals surface area contributed by atoms with Gasteiger partial charge >= 0.3 is 0 Å². The zero-order valence-electron chi connectivity index (χ0n) is 15.3. The fraction of sp³-hybridized carbons (Fsp3) is 0.250. The van der Waals surface area contributed by atoms with Crippen molar-refractivity contribution in [3.63, 3.8) is 0 Å². The lowest BCUT2D eigenvalue weighted by Crippen LogP contribution is -2.22. The fourth-order valence-electron chi connectivity index (χ4n) is 2.63. The molecule has 0 bridgehead atoms. The topological polar surface area (TPSA) is 58.1 Å². The Bertz CT molecular complexity index is 910. The summed E-state index contributed by atoms with van der Waals surface area (Å²) in [5.74, 6) is -0.688. The van der Waals surface area contributed by atoms with Gasteiger partial charge in [0, 0.05) is 12.2 Å². The van der Waals surface area contributed by atoms with E-state index < -0.39 is 0 Å². The molecule has 140 valence electrons. The van der Waals surface area contributed by atoms with Crippen LogP contribution in [0.15, 0.2) is 48.5 Å². The standard InChI is InChI=1S/C20H21FN4OS/c1-3-25(12-15-7-5-4-6-14(15)2)13-18-23-24-20(27-18)19(26)22-17-10-8-16(21)9-11-17/h4-11H,3,12-13H2,1-2H3,(H,22,26). The van der Waals surface area contributed by atoms with Gasteiger partial charge in [-0.3, -0.25) is 9.69 Å². The first-order valence-corrected chi connectivity index (χ1v) is 9.53. The van der Waals surface area contributed by atoms with Crippen LogP contribution in [0, 0.1) is 12.7 Å². The molecular formula is C20H21FN4OS. The highest BCUT2D eigenvalue weighted by atomic mass is 32.1. The Morgan fingerprint density at radius 2 is 1.85 bits per heavy atom. The average Bonchev–Trinajstić information content (AvgIpc) is 3.13. The summed E-state index contributed by atoms with van der Waals surface area (Å²) in [7, 11) is 0. The molecule has 3 rings (SSSR count). The fourth-order valence-corrected chi connectivity index (χ4v) is 3.40. The van der Waals surface area contributed by atoms with E-state index in [1.54, 1.807) is 0 Å². The first-order chi connectivity index (χ1) is 13.0. The van der Waals surface area contributed by atoms with Gasteiger partial charge in [-0.25, -0.2) is 4.39 Å². The van der Waals surface area contributed by atoms with Crippen LogP contribution in [0.5, 0.6) is 0 Å². The molecule has 0 aliphatic carbocycles. The second-order valence-electron chi connectivity index (χ2n) is 6.19. The number of aromatic nitrogens is 2. The number of benzene rings is 2. The predicted octanol–water partition coefficient (Wildman–Crippen LogP) is 4.26. The Hall–Kier alpha value is -2.64. The first kappa shape index (κ1) is 19.1. The lowest BCUT2D eigenvalue weighted by Gasteiger charge is -2.19. The summed E-state index contributed by atoms with van der Waals surface area (Å²) in [6.07, 6.45) is 0. The Morgan fingerprint density at radius 1 is 1.11 bits per heavy atom. The SMILES string of the molecule is CCN(Cc1nnc(C(=O)Nc2ccc(F)cc2)s1)Cc1ccccc1C. The second-order valence-corrected chi connectivity index (χ2v) is 7.25.